The molecule has 3 heteroatoms. The van der Waals surface area contributed by atoms with Crippen molar-refractivity contribution in [3.05, 3.63) is 58.7 Å². The highest BCUT2D eigenvalue weighted by Crippen LogP contribution is 2.40. The fraction of sp³-hybridized carbons (Fsp3) is 0.450. The molecular weight excluding hydrogens is 288 g/mol. The molecule has 0 aromatic carbocycles. The molecule has 0 amide bonds. The molecule has 126 valence electrons. The average molecular weight is 316 g/mol. The van der Waals surface area contributed by atoms with Gasteiger partial charge in [0.05, 0.1) is 6.10 Å². The van der Waals surface area contributed by atoms with E-state index in [1.165, 1.54) is 11.6 Å². The lowest BCUT2D eigenvalue weighted by atomic mass is 9.71. The standard InChI is InChI=1S/C20H28O3/c1-14(7-6-8-15(2)13-19(22)23)9-10-17-16(3)18(21)11-12-20(17,4)5/h6-10,13,18,21H,11-12H2,1-5H3,(H,22,23)/b8-6?,10-9?,14-7-,15-13?. The third-order valence-electron chi connectivity index (χ3n) is 4.28. The van der Waals surface area contributed by atoms with Crippen LogP contribution in [0.2, 0.25) is 0 Å². The van der Waals surface area contributed by atoms with Gasteiger partial charge in [-0.3, -0.25) is 0 Å². The second-order valence-electron chi connectivity index (χ2n) is 6.86. The Balaban J connectivity index is 2.87. The average Bonchev–Trinajstić information content (AvgIpc) is 2.42. The Labute approximate surface area is 139 Å². The SMILES string of the molecule is CC(C=C/C=C(/C)C=CC1=C(C)C(O)CCC1(C)C)=CC(=O)O. The molecule has 0 fully saturated rings. The van der Waals surface area contributed by atoms with Gasteiger partial charge in [0.2, 0.25) is 0 Å². The zero-order valence-electron chi connectivity index (χ0n) is 14.8. The zero-order chi connectivity index (χ0) is 17.6. The molecule has 0 aromatic heterocycles. The van der Waals surface area contributed by atoms with E-state index in [1.54, 1.807) is 13.0 Å². The highest BCUT2D eigenvalue weighted by molar-refractivity contribution is 5.81. The highest BCUT2D eigenvalue weighted by atomic mass is 16.4. The summed E-state index contributed by atoms with van der Waals surface area (Å²) < 4.78 is 0. The Kier molecular flexibility index (Phi) is 6.77. The van der Waals surface area contributed by atoms with Crippen molar-refractivity contribution in [3.63, 3.8) is 0 Å². The maximum absolute atomic E-state index is 10.5. The van der Waals surface area contributed by atoms with E-state index in [0.29, 0.717) is 5.57 Å². The maximum atomic E-state index is 10.5. The first kappa shape index (κ1) is 19.2. The van der Waals surface area contributed by atoms with Crippen LogP contribution in [0.1, 0.15) is 47.5 Å². The van der Waals surface area contributed by atoms with Crippen LogP contribution in [0.3, 0.4) is 0 Å². The van der Waals surface area contributed by atoms with Crippen molar-refractivity contribution in [2.24, 2.45) is 5.41 Å². The minimum Gasteiger partial charge on any atom is -0.478 e. The molecule has 1 aliphatic rings. The summed E-state index contributed by atoms with van der Waals surface area (Å²) in [6, 6.07) is 0. The molecule has 1 atom stereocenters. The Morgan fingerprint density at radius 3 is 2.48 bits per heavy atom. The van der Waals surface area contributed by atoms with Crippen LogP contribution in [-0.2, 0) is 4.79 Å². The highest BCUT2D eigenvalue weighted by Gasteiger charge is 2.30. The summed E-state index contributed by atoms with van der Waals surface area (Å²) in [7, 11) is 0. The Bertz CT molecular complexity index is 598. The maximum Gasteiger partial charge on any atom is 0.328 e. The van der Waals surface area contributed by atoms with E-state index in [2.05, 4.69) is 19.9 Å². The van der Waals surface area contributed by atoms with Crippen molar-refractivity contribution < 1.29 is 15.0 Å². The lowest BCUT2D eigenvalue weighted by Gasteiger charge is -2.35. The number of rotatable bonds is 5. The number of allylic oxidation sites excluding steroid dienone is 8. The molecule has 1 rings (SSSR count). The summed E-state index contributed by atoms with van der Waals surface area (Å²) in [6.45, 7) is 10.2. The van der Waals surface area contributed by atoms with Crippen LogP contribution in [0.4, 0.5) is 0 Å². The van der Waals surface area contributed by atoms with E-state index < -0.39 is 5.97 Å². The lowest BCUT2D eigenvalue weighted by Crippen LogP contribution is -2.27. The van der Waals surface area contributed by atoms with E-state index in [-0.39, 0.29) is 11.5 Å². The van der Waals surface area contributed by atoms with Crippen LogP contribution in [0.25, 0.3) is 0 Å². The normalized spacial score (nSPS) is 23.1. The van der Waals surface area contributed by atoms with Gasteiger partial charge in [-0.2, -0.15) is 0 Å². The number of carbonyl (C=O) groups is 1. The van der Waals surface area contributed by atoms with E-state index in [4.69, 9.17) is 5.11 Å². The molecule has 0 bridgehead atoms. The first-order valence-corrected chi connectivity index (χ1v) is 7.97. The Morgan fingerprint density at radius 2 is 1.87 bits per heavy atom. The van der Waals surface area contributed by atoms with Gasteiger partial charge < -0.3 is 10.2 Å². The van der Waals surface area contributed by atoms with E-state index in [9.17, 15) is 9.90 Å². The molecule has 1 unspecified atom stereocenters. The van der Waals surface area contributed by atoms with Gasteiger partial charge in [-0.15, -0.1) is 0 Å². The van der Waals surface area contributed by atoms with E-state index in [0.717, 1.165) is 24.0 Å². The van der Waals surface area contributed by atoms with Crippen LogP contribution in [0.5, 0.6) is 0 Å². The monoisotopic (exact) mass is 316 g/mol. The predicted octanol–water partition coefficient (Wildman–Crippen LogP) is 4.57. The third-order valence-corrected chi connectivity index (χ3v) is 4.28. The summed E-state index contributed by atoms with van der Waals surface area (Å²) in [5, 5.41) is 18.7. The van der Waals surface area contributed by atoms with Crippen molar-refractivity contribution in [2.45, 2.75) is 53.6 Å². The summed E-state index contributed by atoms with van der Waals surface area (Å²) in [6.07, 6.45) is 12.3. The van der Waals surface area contributed by atoms with Gasteiger partial charge in [0, 0.05) is 6.08 Å². The summed E-state index contributed by atoms with van der Waals surface area (Å²) in [5.74, 6) is -0.937. The molecule has 0 radical (unpaired) electrons. The largest absolute Gasteiger partial charge is 0.478 e. The summed E-state index contributed by atoms with van der Waals surface area (Å²) in [4.78, 5) is 10.5. The van der Waals surface area contributed by atoms with Crippen LogP contribution in [0, 0.1) is 5.41 Å². The molecule has 0 spiro atoms. The number of hydrogen-bond donors (Lipinski definition) is 2. The van der Waals surface area contributed by atoms with Crippen LogP contribution < -0.4 is 0 Å². The minimum atomic E-state index is -0.937. The Hall–Kier alpha value is -1.87. The van der Waals surface area contributed by atoms with Gasteiger partial charge in [0.25, 0.3) is 0 Å². The molecule has 1 aliphatic carbocycles. The Morgan fingerprint density at radius 1 is 1.22 bits per heavy atom. The number of aliphatic carboxylic acids is 1. The molecule has 0 aromatic rings. The molecule has 2 N–H and O–H groups in total. The smallest absolute Gasteiger partial charge is 0.328 e. The van der Waals surface area contributed by atoms with E-state index in [1.807, 2.05) is 32.1 Å². The molecule has 0 heterocycles. The third kappa shape index (κ3) is 6.03. The van der Waals surface area contributed by atoms with Crippen LogP contribution >= 0.6 is 0 Å². The minimum absolute atomic E-state index is 0.0801. The number of carboxylic acid groups (broad SMARTS) is 1. The van der Waals surface area contributed by atoms with Crippen molar-refractivity contribution in [2.75, 3.05) is 0 Å². The fourth-order valence-electron chi connectivity index (χ4n) is 2.78. The first-order valence-electron chi connectivity index (χ1n) is 7.97. The number of carboxylic acids is 1. The van der Waals surface area contributed by atoms with Crippen LogP contribution in [0.15, 0.2) is 58.7 Å². The zero-order valence-corrected chi connectivity index (χ0v) is 14.8. The lowest BCUT2D eigenvalue weighted by molar-refractivity contribution is -0.131. The van der Waals surface area contributed by atoms with Crippen molar-refractivity contribution >= 4 is 5.97 Å². The van der Waals surface area contributed by atoms with Gasteiger partial charge in [0.15, 0.2) is 0 Å². The van der Waals surface area contributed by atoms with E-state index >= 15 is 0 Å². The number of hydrogen-bond acceptors (Lipinski definition) is 2. The fourth-order valence-corrected chi connectivity index (χ4v) is 2.78. The second-order valence-corrected chi connectivity index (χ2v) is 6.86. The van der Waals surface area contributed by atoms with Gasteiger partial charge in [-0.05, 0) is 55.7 Å². The van der Waals surface area contributed by atoms with Gasteiger partial charge in [-0.1, -0.05) is 49.8 Å². The molecule has 3 nitrogen and oxygen atoms in total. The summed E-state index contributed by atoms with van der Waals surface area (Å²) in [5.41, 5.74) is 4.11. The first-order chi connectivity index (χ1) is 10.6. The van der Waals surface area contributed by atoms with Crippen LogP contribution in [-0.4, -0.2) is 22.3 Å². The van der Waals surface area contributed by atoms with Gasteiger partial charge >= 0.3 is 5.97 Å². The van der Waals surface area contributed by atoms with Crippen molar-refractivity contribution in [3.8, 4) is 0 Å². The molecule has 0 saturated heterocycles. The number of aliphatic hydroxyl groups is 1. The summed E-state index contributed by atoms with van der Waals surface area (Å²) >= 11 is 0. The second kappa shape index (κ2) is 8.11. The van der Waals surface area contributed by atoms with Gasteiger partial charge in [-0.25, -0.2) is 4.79 Å². The quantitative estimate of drug-likeness (QED) is 0.577. The van der Waals surface area contributed by atoms with Crippen molar-refractivity contribution in [1.82, 2.24) is 0 Å². The van der Waals surface area contributed by atoms with Gasteiger partial charge in [0.1, 0.15) is 0 Å². The number of aliphatic hydroxyl groups excluding tert-OH is 1. The topological polar surface area (TPSA) is 57.5 Å². The predicted molar refractivity (Wildman–Crippen MR) is 95.2 cm³/mol. The molecule has 23 heavy (non-hydrogen) atoms. The molecule has 0 aliphatic heterocycles. The van der Waals surface area contributed by atoms with Crippen molar-refractivity contribution in [1.29, 1.82) is 0 Å². The molecular formula is C20H28O3. The molecule has 0 saturated carbocycles.